The van der Waals surface area contributed by atoms with Gasteiger partial charge in [-0.2, -0.15) is 0 Å². The van der Waals surface area contributed by atoms with Crippen molar-refractivity contribution >= 4 is 232 Å². The molecular weight excluding hydrogens is 2530 g/mol. The van der Waals surface area contributed by atoms with Gasteiger partial charge < -0.3 is 182 Å². The highest BCUT2D eigenvalue weighted by molar-refractivity contribution is 14.1. The maximum Gasteiger partial charge on any atom is 0.306 e. The van der Waals surface area contributed by atoms with Crippen molar-refractivity contribution in [3.05, 3.63) is 43.7 Å². The summed E-state index contributed by atoms with van der Waals surface area (Å²) in [6.07, 6.45) is 5.05. The highest BCUT2D eigenvalue weighted by Crippen LogP contribution is 2.38. The van der Waals surface area contributed by atoms with Crippen LogP contribution in [-0.2, 0) is 57.4 Å². The number of esters is 2. The first kappa shape index (κ1) is 149. The van der Waals surface area contributed by atoms with Crippen LogP contribution in [-0.4, -0.2) is 372 Å². The number of aldehydes is 6. The number of carbonyl (C=O) groups is 14. The van der Waals surface area contributed by atoms with Crippen molar-refractivity contribution < 1.29 is 189 Å². The fourth-order valence-corrected chi connectivity index (χ4v) is 19.4. The number of aliphatic hydroxyl groups is 22. The Labute approximate surface area is 900 Å². The molecule has 0 aliphatic carbocycles. The molecule has 13 unspecified atom stereocenters. The molecule has 6 amide bonds. The van der Waals surface area contributed by atoms with Crippen molar-refractivity contribution in [1.29, 1.82) is 0 Å². The number of hydrogen-bond acceptors (Lipinski definition) is 38. The van der Waals surface area contributed by atoms with Crippen LogP contribution in [0, 0.1) is 21.4 Å². The van der Waals surface area contributed by atoms with Gasteiger partial charge in [-0.15, -0.1) is 0 Å². The van der Waals surface area contributed by atoms with Crippen molar-refractivity contribution in [3.63, 3.8) is 0 Å². The fourth-order valence-electron chi connectivity index (χ4n) is 10.6. The lowest BCUT2D eigenvalue weighted by Gasteiger charge is -2.22. The maximum atomic E-state index is 12.9. The molecule has 0 radical (unpaired) electrons. The third-order valence-corrected chi connectivity index (χ3v) is 24.5. The molecule has 44 nitrogen and oxygen atoms in total. The number of unbranched alkanes of at least 4 members (excludes halogenated alkanes) is 6. The number of hydrogen-bond donors (Lipinski definition) is 28. The molecule has 2 aromatic carbocycles. The highest BCUT2D eigenvalue weighted by Gasteiger charge is 2.34. The van der Waals surface area contributed by atoms with Gasteiger partial charge in [-0.05, 0) is 281 Å². The lowest BCUT2D eigenvalue weighted by molar-refractivity contribution is -0.153. The van der Waals surface area contributed by atoms with E-state index in [0.717, 1.165) is 44.1 Å². The minimum absolute atomic E-state index is 0.00380. The Kier molecular flexibility index (Phi) is 97.8. The van der Waals surface area contributed by atoms with Crippen molar-refractivity contribution in [2.75, 3.05) is 63.5 Å². The molecule has 814 valence electrons. The monoisotopic (exact) mass is 2690 g/mol. The molecule has 2 aromatic rings. The molecule has 50 heteroatoms. The van der Waals surface area contributed by atoms with Gasteiger partial charge in [0.15, 0.2) is 0 Å². The summed E-state index contributed by atoms with van der Waals surface area (Å²) in [7, 11) is 0. The summed E-state index contributed by atoms with van der Waals surface area (Å²) in [4.78, 5) is 157. The predicted octanol–water partition coefficient (Wildman–Crippen LogP) is 1.79. The third kappa shape index (κ3) is 76.3. The topological polar surface area (TPSA) is 775 Å². The Balaban J connectivity index is -0.000000305. The number of anilines is 2. The van der Waals surface area contributed by atoms with Gasteiger partial charge in [0.25, 0.3) is 35.4 Å². The number of halogens is 6. The van der Waals surface area contributed by atoms with Crippen molar-refractivity contribution in [3.8, 4) is 0 Å². The molecule has 0 aliphatic rings. The lowest BCUT2D eigenvalue weighted by atomic mass is 10.0. The Morgan fingerprint density at radius 3 is 0.714 bits per heavy atom. The summed E-state index contributed by atoms with van der Waals surface area (Å²) in [6, 6.07) is -3.78. The lowest BCUT2D eigenvalue weighted by Crippen LogP contribution is -2.42. The first-order chi connectivity index (χ1) is 65.6. The normalized spacial score (nSPS) is 14.1. The molecule has 0 aliphatic heterocycles. The molecule has 0 aromatic heterocycles. The zero-order chi connectivity index (χ0) is 110. The van der Waals surface area contributed by atoms with E-state index in [-0.39, 0.29) is 112 Å². The van der Waals surface area contributed by atoms with E-state index in [9.17, 15) is 144 Å². The first-order valence-corrected chi connectivity index (χ1v) is 51.7. The minimum atomic E-state index is -1.36. The molecule has 0 heterocycles. The zero-order valence-electron chi connectivity index (χ0n) is 81.3. The van der Waals surface area contributed by atoms with E-state index in [1.807, 2.05) is 111 Å². The average molecular weight is 2690 g/mol. The van der Waals surface area contributed by atoms with Crippen molar-refractivity contribution in [2.45, 2.75) is 359 Å². The number of nitrogens with one attached hydrogen (secondary N) is 6. The van der Waals surface area contributed by atoms with E-state index in [2.05, 4.69) is 31.9 Å². The molecule has 0 saturated carbocycles. The molecular formula is C90H154I6N6O38. The Morgan fingerprint density at radius 1 is 0.286 bits per heavy atom. The number of carbonyl (C=O) groups excluding carboxylic acids is 14. The van der Waals surface area contributed by atoms with E-state index < -0.39 is 210 Å². The Bertz CT molecular complexity index is 3420. The molecule has 0 fully saturated rings. The fraction of sp³-hybridized carbons (Fsp3) is 0.711. The second-order valence-corrected chi connectivity index (χ2v) is 38.5. The van der Waals surface area contributed by atoms with Crippen LogP contribution in [0.1, 0.15) is 279 Å². The van der Waals surface area contributed by atoms with Gasteiger partial charge in [0.1, 0.15) is 62.1 Å². The molecule has 2 rings (SSSR count). The standard InChI is InChI=1S/C20H38O8.2C17H22I3N3O8.C8H18O3.C7H16O3.C6H14O2.3C5H8O2/c1-5-16(23)12-18(10-14(3)22)28-20(26)8-6-7-19(25)27-15(4)11-17(24)9-13(2)21;2*1-6(28)15(29)23-14-12(19)9(16(30)21-7(2-24)3-25)11(18)10(13(14)20)17(31)22-8(4-26)5-27;1-3-7(10)5-8(11)4-6(2)9;1-5(8)3-7(10)4-6(2)9;1-3-6(8)4-5(2)7;3*6-4-2-1-3-5-7/h13-18,21-24H,5-12H2,1-4H3;2*6-8,24-28H,2-5H2,1H3,(H,21,30)(H,22,31)(H,23,29);6-11H,3-5H2,1-2H3;5-10H,3-4H2,1-2H3;5-8H,3-4H2,1-2H3;3*4-5H,1-3H2/t;2*6-;;;;;;/m.00....../s1. The van der Waals surface area contributed by atoms with E-state index in [0.29, 0.717) is 103 Å². The molecule has 140 heavy (non-hydrogen) atoms. The van der Waals surface area contributed by atoms with Gasteiger partial charge in [0, 0.05) is 77.8 Å². The predicted molar refractivity (Wildman–Crippen MR) is 567 cm³/mol. The van der Waals surface area contributed by atoms with E-state index in [1.165, 1.54) is 13.8 Å². The largest absolute Gasteiger partial charge is 0.463 e. The van der Waals surface area contributed by atoms with Gasteiger partial charge in [0.05, 0.1) is 198 Å². The summed E-state index contributed by atoms with van der Waals surface area (Å²) >= 11 is 10.8. The first-order valence-electron chi connectivity index (χ1n) is 45.3. The van der Waals surface area contributed by atoms with Crippen LogP contribution in [0.25, 0.3) is 0 Å². The summed E-state index contributed by atoms with van der Waals surface area (Å²) in [5, 5.41) is 218. The van der Waals surface area contributed by atoms with Crippen LogP contribution in [0.15, 0.2) is 0 Å². The van der Waals surface area contributed by atoms with Crippen molar-refractivity contribution in [2.24, 2.45) is 0 Å². The summed E-state index contributed by atoms with van der Waals surface area (Å²) in [5.74, 6) is -5.31. The van der Waals surface area contributed by atoms with E-state index in [4.69, 9.17) is 45.2 Å². The van der Waals surface area contributed by atoms with Gasteiger partial charge in [-0.3, -0.25) is 38.4 Å². The number of aliphatic hydroxyl groups excluding tert-OH is 22. The van der Waals surface area contributed by atoms with Crippen LogP contribution in [0.5, 0.6) is 0 Å². The number of ether oxygens (including phenoxy) is 2. The van der Waals surface area contributed by atoms with E-state index >= 15 is 0 Å². The van der Waals surface area contributed by atoms with Gasteiger partial charge in [-0.25, -0.2) is 0 Å². The van der Waals surface area contributed by atoms with Crippen LogP contribution in [0.4, 0.5) is 11.4 Å². The second kappa shape index (κ2) is 92.1. The van der Waals surface area contributed by atoms with Gasteiger partial charge in [-0.1, -0.05) is 20.8 Å². The van der Waals surface area contributed by atoms with Crippen LogP contribution in [0.2, 0.25) is 0 Å². The van der Waals surface area contributed by atoms with Crippen LogP contribution < -0.4 is 31.9 Å². The molecule has 15 atom stereocenters. The Hall–Kier alpha value is -4.28. The average Bonchev–Trinajstić information content (AvgIpc) is 0.768. The molecule has 0 saturated heterocycles. The Morgan fingerprint density at radius 2 is 0.500 bits per heavy atom. The number of amides is 6. The number of benzene rings is 2. The number of rotatable bonds is 59. The quantitative estimate of drug-likeness (QED) is 0.0194. The summed E-state index contributed by atoms with van der Waals surface area (Å²) < 4.78 is 12.0. The smallest absolute Gasteiger partial charge is 0.306 e. The van der Waals surface area contributed by atoms with Crippen molar-refractivity contribution in [1.82, 2.24) is 21.3 Å². The third-order valence-electron chi connectivity index (χ3n) is 18.0. The molecule has 0 bridgehead atoms. The zero-order valence-corrected chi connectivity index (χ0v) is 94.2. The minimum Gasteiger partial charge on any atom is -0.463 e. The summed E-state index contributed by atoms with van der Waals surface area (Å²) in [5.41, 5.74) is 0.232. The maximum absolute atomic E-state index is 12.9. The molecule has 28 N–H and O–H groups in total. The van der Waals surface area contributed by atoms with E-state index in [1.54, 1.807) is 93.6 Å². The SMILES string of the molecule is CC(O)CC(O)CC(C)O.CCC(O)CC(C)O.CCC(O)CC(CC(C)O)OC(=O)CCCC(=O)OC(C)CC(O)CC(C)O.CCC(O)CC(O)CC(C)O.C[C@H](O)C(=O)Nc1c(I)c(C(=O)NC(CO)CO)c(I)c(C(=O)NC(CO)CO)c1I.C[C@H](O)C(=O)Nc1c(I)c(C(=O)NC(CO)CO)c(I)c(C(=O)NC(CO)CO)c1I.O=CCCCC=O.O=CCCCC=O.O=CCCCC=O. The summed E-state index contributed by atoms with van der Waals surface area (Å²) in [6.45, 7) is 15.3. The highest BCUT2D eigenvalue weighted by atomic mass is 127. The van der Waals surface area contributed by atoms with Gasteiger partial charge in [0.2, 0.25) is 0 Å². The van der Waals surface area contributed by atoms with Crippen LogP contribution >= 0.6 is 136 Å². The van der Waals surface area contributed by atoms with Gasteiger partial charge >= 0.3 is 11.9 Å². The van der Waals surface area contributed by atoms with Crippen LogP contribution in [0.3, 0.4) is 0 Å². The second-order valence-electron chi connectivity index (χ2n) is 32.0. The molecule has 0 spiro atoms.